The fourth-order valence-electron chi connectivity index (χ4n) is 3.27. The normalized spacial score (nSPS) is 17.9. The van der Waals surface area contributed by atoms with Gasteiger partial charge in [0.2, 0.25) is 5.91 Å². The van der Waals surface area contributed by atoms with Gasteiger partial charge in [-0.1, -0.05) is 23.9 Å². The number of amides is 1. The molecule has 2 aromatic carbocycles. The maximum absolute atomic E-state index is 13.3. The Morgan fingerprint density at radius 2 is 2.00 bits per heavy atom. The van der Waals surface area contributed by atoms with Crippen LogP contribution in [0.5, 0.6) is 0 Å². The molecule has 1 amide bonds. The molecule has 1 fully saturated rings. The molecule has 0 radical (unpaired) electrons. The molecule has 0 aromatic heterocycles. The first kappa shape index (κ1) is 19.8. The van der Waals surface area contributed by atoms with Crippen LogP contribution in [-0.2, 0) is 11.3 Å². The second kappa shape index (κ2) is 9.28. The molecule has 0 aliphatic carbocycles. The van der Waals surface area contributed by atoms with Crippen molar-refractivity contribution in [3.63, 3.8) is 0 Å². The van der Waals surface area contributed by atoms with E-state index in [1.807, 2.05) is 6.07 Å². The summed E-state index contributed by atoms with van der Waals surface area (Å²) in [5.41, 5.74) is 1.49. The number of alkyl halides is 2. The zero-order valence-electron chi connectivity index (χ0n) is 14.7. The Kier molecular flexibility index (Phi) is 6.79. The number of piperidine rings is 1. The van der Waals surface area contributed by atoms with E-state index in [1.54, 1.807) is 30.3 Å². The average Bonchev–Trinajstić information content (AvgIpc) is 2.63. The quantitative estimate of drug-likeness (QED) is 0.701. The Hall–Kier alpha value is -1.99. The molecular weight excluding hydrogens is 373 g/mol. The van der Waals surface area contributed by atoms with Crippen LogP contribution in [0.2, 0.25) is 0 Å². The molecular formula is C20H21F3N2OS. The summed E-state index contributed by atoms with van der Waals surface area (Å²) in [6.07, 6.45) is 1.70. The number of halogens is 3. The van der Waals surface area contributed by atoms with Crippen molar-refractivity contribution >= 4 is 23.4 Å². The molecule has 0 bridgehead atoms. The van der Waals surface area contributed by atoms with Crippen LogP contribution in [0, 0.1) is 11.7 Å². The summed E-state index contributed by atoms with van der Waals surface area (Å²) in [5.74, 6) is -2.94. The molecule has 2 aromatic rings. The number of nitrogens with zero attached hydrogens (tertiary/aromatic N) is 1. The van der Waals surface area contributed by atoms with Gasteiger partial charge in [0.1, 0.15) is 5.82 Å². The maximum Gasteiger partial charge on any atom is 0.288 e. The summed E-state index contributed by atoms with van der Waals surface area (Å²) in [6, 6.07) is 12.9. The van der Waals surface area contributed by atoms with Crippen molar-refractivity contribution in [2.24, 2.45) is 5.92 Å². The highest BCUT2D eigenvalue weighted by Gasteiger charge is 2.26. The van der Waals surface area contributed by atoms with Crippen molar-refractivity contribution in [3.05, 3.63) is 59.9 Å². The van der Waals surface area contributed by atoms with Crippen LogP contribution in [0.4, 0.5) is 18.9 Å². The summed E-state index contributed by atoms with van der Waals surface area (Å²) >= 11 is 0.477. The van der Waals surface area contributed by atoms with Gasteiger partial charge in [-0.05, 0) is 61.3 Å². The van der Waals surface area contributed by atoms with E-state index in [0.29, 0.717) is 35.4 Å². The Morgan fingerprint density at radius 1 is 1.22 bits per heavy atom. The van der Waals surface area contributed by atoms with E-state index in [0.717, 1.165) is 24.9 Å². The molecule has 1 N–H and O–H groups in total. The van der Waals surface area contributed by atoms with Gasteiger partial charge in [0.05, 0.1) is 5.92 Å². The topological polar surface area (TPSA) is 32.3 Å². The Bertz CT molecular complexity index is 770. The molecule has 1 unspecified atom stereocenters. The smallest absolute Gasteiger partial charge is 0.288 e. The van der Waals surface area contributed by atoms with Crippen molar-refractivity contribution in [2.75, 3.05) is 18.4 Å². The third-order valence-electron chi connectivity index (χ3n) is 4.52. The van der Waals surface area contributed by atoms with Crippen molar-refractivity contribution in [1.29, 1.82) is 0 Å². The van der Waals surface area contributed by atoms with E-state index in [-0.39, 0.29) is 17.6 Å². The Labute approximate surface area is 160 Å². The standard InChI is InChI=1S/C20H21F3N2OS/c21-16-5-1-3-14(11-16)12-25-10-2-4-15(13-25)19(26)24-17-6-8-18(9-7-17)27-20(22)23/h1,3,5-9,11,15,20H,2,4,10,12-13H2,(H,24,26). The number of likely N-dealkylation sites (tertiary alicyclic amines) is 1. The van der Waals surface area contributed by atoms with Gasteiger partial charge < -0.3 is 5.32 Å². The van der Waals surface area contributed by atoms with Crippen LogP contribution in [-0.4, -0.2) is 29.7 Å². The molecule has 1 heterocycles. The van der Waals surface area contributed by atoms with Crippen molar-refractivity contribution in [2.45, 2.75) is 30.0 Å². The highest BCUT2D eigenvalue weighted by Crippen LogP contribution is 2.27. The molecule has 1 saturated heterocycles. The highest BCUT2D eigenvalue weighted by molar-refractivity contribution is 7.99. The lowest BCUT2D eigenvalue weighted by Crippen LogP contribution is -2.40. The number of anilines is 1. The Balaban J connectivity index is 1.55. The number of rotatable bonds is 6. The van der Waals surface area contributed by atoms with E-state index in [1.165, 1.54) is 12.1 Å². The minimum atomic E-state index is -2.46. The summed E-state index contributed by atoms with van der Waals surface area (Å²) in [6.45, 7) is 2.10. The fourth-order valence-corrected chi connectivity index (χ4v) is 3.77. The van der Waals surface area contributed by atoms with Gasteiger partial charge in [-0.2, -0.15) is 8.78 Å². The lowest BCUT2D eigenvalue weighted by atomic mass is 9.96. The van der Waals surface area contributed by atoms with E-state index < -0.39 is 5.76 Å². The average molecular weight is 394 g/mol. The molecule has 1 atom stereocenters. The molecule has 3 nitrogen and oxygen atoms in total. The van der Waals surface area contributed by atoms with Gasteiger partial charge in [0, 0.05) is 23.7 Å². The number of carbonyl (C=O) groups excluding carboxylic acids is 1. The van der Waals surface area contributed by atoms with Crippen molar-refractivity contribution < 1.29 is 18.0 Å². The van der Waals surface area contributed by atoms with Crippen LogP contribution in [0.3, 0.4) is 0 Å². The summed E-state index contributed by atoms with van der Waals surface area (Å²) in [4.78, 5) is 15.2. The number of hydrogen-bond acceptors (Lipinski definition) is 3. The van der Waals surface area contributed by atoms with Crippen molar-refractivity contribution in [1.82, 2.24) is 4.90 Å². The Morgan fingerprint density at radius 3 is 2.70 bits per heavy atom. The van der Waals surface area contributed by atoms with Gasteiger partial charge in [-0.3, -0.25) is 9.69 Å². The molecule has 1 aliphatic heterocycles. The molecule has 7 heteroatoms. The first-order chi connectivity index (χ1) is 13.0. The van der Waals surface area contributed by atoms with E-state index in [9.17, 15) is 18.0 Å². The van der Waals surface area contributed by atoms with Crippen LogP contribution in [0.25, 0.3) is 0 Å². The molecule has 0 saturated carbocycles. The molecule has 1 aliphatic rings. The molecule has 27 heavy (non-hydrogen) atoms. The predicted octanol–water partition coefficient (Wildman–Crippen LogP) is 4.99. The number of hydrogen-bond donors (Lipinski definition) is 1. The zero-order chi connectivity index (χ0) is 19.2. The largest absolute Gasteiger partial charge is 0.326 e. The zero-order valence-corrected chi connectivity index (χ0v) is 15.5. The minimum Gasteiger partial charge on any atom is -0.326 e. The van der Waals surface area contributed by atoms with E-state index in [2.05, 4.69) is 10.2 Å². The number of benzene rings is 2. The van der Waals surface area contributed by atoms with E-state index >= 15 is 0 Å². The molecule has 0 spiro atoms. The predicted molar refractivity (Wildman–Crippen MR) is 101 cm³/mol. The van der Waals surface area contributed by atoms with Gasteiger partial charge >= 0.3 is 0 Å². The van der Waals surface area contributed by atoms with Crippen LogP contribution < -0.4 is 5.32 Å². The summed E-state index contributed by atoms with van der Waals surface area (Å²) in [5, 5.41) is 2.86. The first-order valence-corrected chi connectivity index (χ1v) is 9.70. The highest BCUT2D eigenvalue weighted by atomic mass is 32.2. The summed E-state index contributed by atoms with van der Waals surface area (Å²) in [7, 11) is 0. The van der Waals surface area contributed by atoms with Crippen LogP contribution in [0.1, 0.15) is 18.4 Å². The molecule has 3 rings (SSSR count). The lowest BCUT2D eigenvalue weighted by molar-refractivity contribution is -0.121. The van der Waals surface area contributed by atoms with Gasteiger partial charge in [-0.25, -0.2) is 4.39 Å². The van der Waals surface area contributed by atoms with E-state index in [4.69, 9.17) is 0 Å². The van der Waals surface area contributed by atoms with Gasteiger partial charge in [0.15, 0.2) is 0 Å². The lowest BCUT2D eigenvalue weighted by Gasteiger charge is -2.32. The monoisotopic (exact) mass is 394 g/mol. The fraction of sp³-hybridized carbons (Fsp3) is 0.350. The molecule has 144 valence electrons. The van der Waals surface area contributed by atoms with Crippen LogP contribution >= 0.6 is 11.8 Å². The van der Waals surface area contributed by atoms with Gasteiger partial charge in [0.25, 0.3) is 5.76 Å². The number of carbonyl (C=O) groups is 1. The SMILES string of the molecule is O=C(Nc1ccc(SC(F)F)cc1)C1CCCN(Cc2cccc(F)c2)C1. The minimum absolute atomic E-state index is 0.0757. The second-order valence-electron chi connectivity index (χ2n) is 6.60. The maximum atomic E-state index is 13.3. The third kappa shape index (κ3) is 6.01. The number of thioether (sulfide) groups is 1. The summed E-state index contributed by atoms with van der Waals surface area (Å²) < 4.78 is 38.1. The number of nitrogens with one attached hydrogen (secondary N) is 1. The first-order valence-electron chi connectivity index (χ1n) is 8.82. The second-order valence-corrected chi connectivity index (χ2v) is 7.66. The van der Waals surface area contributed by atoms with Crippen LogP contribution in [0.15, 0.2) is 53.4 Å². The van der Waals surface area contributed by atoms with Crippen molar-refractivity contribution in [3.8, 4) is 0 Å². The third-order valence-corrected chi connectivity index (χ3v) is 5.24. The van der Waals surface area contributed by atoms with Gasteiger partial charge in [-0.15, -0.1) is 0 Å².